The Kier molecular flexibility index (Phi) is 6.07. The average molecular weight is 394 g/mol. The zero-order valence-electron chi connectivity index (χ0n) is 16.1. The Balaban J connectivity index is 1.51. The Bertz CT molecular complexity index is 791. The van der Waals surface area contributed by atoms with E-state index in [9.17, 15) is 18.0 Å². The van der Waals surface area contributed by atoms with Gasteiger partial charge >= 0.3 is 6.18 Å². The molecule has 0 spiro atoms. The molecular formula is C20H25F3N4O. The predicted molar refractivity (Wildman–Crippen MR) is 100 cm³/mol. The fourth-order valence-corrected chi connectivity index (χ4v) is 3.42. The van der Waals surface area contributed by atoms with Gasteiger partial charge in [-0.2, -0.15) is 13.2 Å². The predicted octanol–water partition coefficient (Wildman–Crippen LogP) is 3.48. The van der Waals surface area contributed by atoms with E-state index in [0.29, 0.717) is 24.6 Å². The summed E-state index contributed by atoms with van der Waals surface area (Å²) in [6.45, 7) is 8.59. The number of benzene rings is 1. The van der Waals surface area contributed by atoms with Crippen LogP contribution >= 0.6 is 0 Å². The van der Waals surface area contributed by atoms with E-state index < -0.39 is 11.7 Å². The van der Waals surface area contributed by atoms with Gasteiger partial charge in [-0.15, -0.1) is 0 Å². The number of carbonyl (C=O) groups is 1. The molecule has 1 aromatic heterocycles. The second kappa shape index (κ2) is 8.34. The van der Waals surface area contributed by atoms with Crippen molar-refractivity contribution in [1.82, 2.24) is 19.4 Å². The first-order valence-corrected chi connectivity index (χ1v) is 9.45. The topological polar surface area (TPSA) is 41.4 Å². The molecule has 2 aromatic rings. The summed E-state index contributed by atoms with van der Waals surface area (Å²) in [4.78, 5) is 20.9. The summed E-state index contributed by atoms with van der Waals surface area (Å²) in [7, 11) is 0. The lowest BCUT2D eigenvalue weighted by molar-refractivity contribution is -0.137. The molecule has 2 heterocycles. The standard InChI is InChI=1S/C20H25F3N4O/c1-15(2)18-24-7-8-26(18)12-9-25-10-13-27(14-11-25)19(28)16-3-5-17(6-4-16)20(21,22)23/h3-8,15H,9-14H2,1-2H3. The van der Waals surface area contributed by atoms with Gasteiger partial charge in [0.25, 0.3) is 5.91 Å². The van der Waals surface area contributed by atoms with Gasteiger partial charge < -0.3 is 9.47 Å². The quantitative estimate of drug-likeness (QED) is 0.780. The van der Waals surface area contributed by atoms with E-state index in [1.807, 2.05) is 12.4 Å². The fourth-order valence-electron chi connectivity index (χ4n) is 3.42. The number of alkyl halides is 3. The van der Waals surface area contributed by atoms with Gasteiger partial charge in [0, 0.05) is 63.1 Å². The molecule has 1 aliphatic heterocycles. The Morgan fingerprint density at radius 2 is 1.71 bits per heavy atom. The number of rotatable bonds is 5. The first kappa shape index (κ1) is 20.4. The summed E-state index contributed by atoms with van der Waals surface area (Å²) in [5.74, 6) is 1.22. The van der Waals surface area contributed by atoms with Gasteiger partial charge in [-0.1, -0.05) is 13.8 Å². The number of halogens is 3. The molecule has 0 unspecified atom stereocenters. The summed E-state index contributed by atoms with van der Waals surface area (Å²) in [5, 5.41) is 0. The van der Waals surface area contributed by atoms with Crippen molar-refractivity contribution >= 4 is 5.91 Å². The SMILES string of the molecule is CC(C)c1nccn1CCN1CCN(C(=O)c2ccc(C(F)(F)F)cc2)CC1. The van der Waals surface area contributed by atoms with Crippen molar-refractivity contribution in [2.45, 2.75) is 32.5 Å². The van der Waals surface area contributed by atoms with Crippen molar-refractivity contribution in [2.24, 2.45) is 0 Å². The van der Waals surface area contributed by atoms with Crippen molar-refractivity contribution < 1.29 is 18.0 Å². The van der Waals surface area contributed by atoms with Crippen LogP contribution in [-0.4, -0.2) is 58.0 Å². The molecule has 0 saturated carbocycles. The molecule has 1 saturated heterocycles. The van der Waals surface area contributed by atoms with Crippen LogP contribution in [0.5, 0.6) is 0 Å². The zero-order valence-corrected chi connectivity index (χ0v) is 16.1. The molecule has 3 rings (SSSR count). The number of carbonyl (C=O) groups excluding carboxylic acids is 1. The highest BCUT2D eigenvalue weighted by Crippen LogP contribution is 2.29. The van der Waals surface area contributed by atoms with Crippen LogP contribution in [0.3, 0.4) is 0 Å². The lowest BCUT2D eigenvalue weighted by Gasteiger charge is -2.35. The van der Waals surface area contributed by atoms with Crippen molar-refractivity contribution in [3.63, 3.8) is 0 Å². The van der Waals surface area contributed by atoms with Gasteiger partial charge in [0.05, 0.1) is 5.56 Å². The number of amides is 1. The van der Waals surface area contributed by atoms with Crippen molar-refractivity contribution in [2.75, 3.05) is 32.7 Å². The van der Waals surface area contributed by atoms with Gasteiger partial charge in [0.15, 0.2) is 0 Å². The second-order valence-electron chi connectivity index (χ2n) is 7.34. The molecule has 8 heteroatoms. The Morgan fingerprint density at radius 3 is 2.29 bits per heavy atom. The maximum atomic E-state index is 12.7. The maximum absolute atomic E-state index is 12.7. The van der Waals surface area contributed by atoms with E-state index >= 15 is 0 Å². The van der Waals surface area contributed by atoms with E-state index in [0.717, 1.165) is 44.1 Å². The molecule has 0 atom stereocenters. The summed E-state index contributed by atoms with van der Waals surface area (Å²) < 4.78 is 40.1. The monoisotopic (exact) mass is 394 g/mol. The molecule has 5 nitrogen and oxygen atoms in total. The number of hydrogen-bond donors (Lipinski definition) is 0. The summed E-state index contributed by atoms with van der Waals surface area (Å²) in [6.07, 6.45) is -0.590. The van der Waals surface area contributed by atoms with Crippen LogP contribution in [-0.2, 0) is 12.7 Å². The van der Waals surface area contributed by atoms with Crippen LogP contribution < -0.4 is 0 Å². The van der Waals surface area contributed by atoms with Gasteiger partial charge in [-0.05, 0) is 24.3 Å². The highest BCUT2D eigenvalue weighted by molar-refractivity contribution is 5.94. The van der Waals surface area contributed by atoms with Gasteiger partial charge in [-0.3, -0.25) is 9.69 Å². The zero-order chi connectivity index (χ0) is 20.3. The van der Waals surface area contributed by atoms with Crippen molar-refractivity contribution in [3.8, 4) is 0 Å². The number of aromatic nitrogens is 2. The number of piperazine rings is 1. The minimum absolute atomic E-state index is 0.218. The third-order valence-corrected chi connectivity index (χ3v) is 5.04. The smallest absolute Gasteiger partial charge is 0.336 e. The van der Waals surface area contributed by atoms with Crippen LogP contribution in [0.1, 0.15) is 41.5 Å². The van der Waals surface area contributed by atoms with E-state index in [1.54, 1.807) is 4.90 Å². The van der Waals surface area contributed by atoms with Gasteiger partial charge in [-0.25, -0.2) is 4.98 Å². The highest BCUT2D eigenvalue weighted by atomic mass is 19.4. The normalized spacial score (nSPS) is 16.0. The molecule has 1 amide bonds. The fraction of sp³-hybridized carbons (Fsp3) is 0.500. The van der Waals surface area contributed by atoms with Crippen LogP contribution in [0.4, 0.5) is 13.2 Å². The molecule has 1 fully saturated rings. The largest absolute Gasteiger partial charge is 0.416 e. The molecule has 1 aliphatic rings. The molecule has 152 valence electrons. The first-order chi connectivity index (χ1) is 13.3. The van der Waals surface area contributed by atoms with Crippen LogP contribution in [0.15, 0.2) is 36.7 Å². The molecule has 0 radical (unpaired) electrons. The molecule has 0 N–H and O–H groups in total. The van der Waals surface area contributed by atoms with Crippen molar-refractivity contribution in [1.29, 1.82) is 0 Å². The lowest BCUT2D eigenvalue weighted by atomic mass is 10.1. The van der Waals surface area contributed by atoms with Crippen LogP contribution in [0, 0.1) is 0 Å². The Morgan fingerprint density at radius 1 is 1.07 bits per heavy atom. The number of nitrogens with zero attached hydrogens (tertiary/aromatic N) is 4. The van der Waals surface area contributed by atoms with Gasteiger partial charge in [0.1, 0.15) is 5.82 Å². The number of hydrogen-bond acceptors (Lipinski definition) is 3. The van der Waals surface area contributed by atoms with E-state index in [-0.39, 0.29) is 5.91 Å². The molecule has 0 bridgehead atoms. The summed E-state index contributed by atoms with van der Waals surface area (Å²) >= 11 is 0. The minimum Gasteiger partial charge on any atom is -0.336 e. The molecular weight excluding hydrogens is 369 g/mol. The van der Waals surface area contributed by atoms with E-state index in [2.05, 4.69) is 28.3 Å². The maximum Gasteiger partial charge on any atom is 0.416 e. The van der Waals surface area contributed by atoms with Crippen LogP contribution in [0.25, 0.3) is 0 Å². The van der Waals surface area contributed by atoms with Crippen LogP contribution in [0.2, 0.25) is 0 Å². The Labute approximate surface area is 162 Å². The van der Waals surface area contributed by atoms with Crippen molar-refractivity contribution in [3.05, 3.63) is 53.6 Å². The third kappa shape index (κ3) is 4.73. The van der Waals surface area contributed by atoms with E-state index in [4.69, 9.17) is 0 Å². The number of imidazole rings is 1. The molecule has 28 heavy (non-hydrogen) atoms. The third-order valence-electron chi connectivity index (χ3n) is 5.04. The summed E-state index contributed by atoms with van der Waals surface area (Å²) in [5.41, 5.74) is -0.449. The average Bonchev–Trinajstić information content (AvgIpc) is 3.15. The lowest BCUT2D eigenvalue weighted by Crippen LogP contribution is -2.49. The first-order valence-electron chi connectivity index (χ1n) is 9.45. The molecule has 1 aromatic carbocycles. The van der Waals surface area contributed by atoms with E-state index in [1.165, 1.54) is 12.1 Å². The Hall–Kier alpha value is -2.35. The summed E-state index contributed by atoms with van der Waals surface area (Å²) in [6, 6.07) is 4.43. The second-order valence-corrected chi connectivity index (χ2v) is 7.34. The van der Waals surface area contributed by atoms with Gasteiger partial charge in [0.2, 0.25) is 0 Å². The highest BCUT2D eigenvalue weighted by Gasteiger charge is 2.30. The molecule has 0 aliphatic carbocycles. The minimum atomic E-state index is -4.39.